The maximum atomic E-state index is 11.7. The second-order valence-corrected chi connectivity index (χ2v) is 9.81. The third-order valence-electron chi connectivity index (χ3n) is 6.90. The summed E-state index contributed by atoms with van der Waals surface area (Å²) >= 11 is 0. The van der Waals surface area contributed by atoms with Gasteiger partial charge in [0.15, 0.2) is 18.9 Å². The van der Waals surface area contributed by atoms with Crippen molar-refractivity contribution in [1.29, 1.82) is 0 Å². The number of carbonyl (C=O) groups is 2. The summed E-state index contributed by atoms with van der Waals surface area (Å²) < 4.78 is 27.5. The van der Waals surface area contributed by atoms with Crippen molar-refractivity contribution in [2.45, 2.75) is 106 Å². The van der Waals surface area contributed by atoms with Crippen LogP contribution in [-0.2, 0) is 33.3 Å². The van der Waals surface area contributed by atoms with Gasteiger partial charge in [-0.1, -0.05) is 0 Å². The van der Waals surface area contributed by atoms with Crippen LogP contribution in [0.25, 0.3) is 0 Å². The molecule has 18 nitrogen and oxygen atoms in total. The minimum absolute atomic E-state index is 0.631. The lowest BCUT2D eigenvalue weighted by molar-refractivity contribution is -0.367. The van der Waals surface area contributed by atoms with Gasteiger partial charge in [-0.2, -0.15) is 0 Å². The molecule has 3 rings (SSSR count). The molecular weight excluding hydrogens is 548 g/mol. The smallest absolute Gasteiger partial charge is 0.217 e. The molecule has 3 saturated heterocycles. The van der Waals surface area contributed by atoms with Crippen molar-refractivity contribution in [3.63, 3.8) is 0 Å². The van der Waals surface area contributed by atoms with Gasteiger partial charge < -0.3 is 80.3 Å². The molecule has 3 aliphatic rings. The van der Waals surface area contributed by atoms with E-state index >= 15 is 0 Å². The van der Waals surface area contributed by atoms with Gasteiger partial charge in [0.1, 0.15) is 73.1 Å². The highest BCUT2D eigenvalue weighted by Gasteiger charge is 2.54. The van der Waals surface area contributed by atoms with Crippen molar-refractivity contribution in [3.8, 4) is 0 Å². The van der Waals surface area contributed by atoms with E-state index in [1.807, 2.05) is 0 Å². The largest absolute Gasteiger partial charge is 0.394 e. The number of amides is 2. The quantitative estimate of drug-likeness (QED) is 0.120. The van der Waals surface area contributed by atoms with Gasteiger partial charge in [-0.3, -0.25) is 9.59 Å². The zero-order valence-corrected chi connectivity index (χ0v) is 21.7. The number of aliphatic hydroxyl groups excluding tert-OH is 9. The number of rotatable bonds is 9. The van der Waals surface area contributed by atoms with E-state index in [0.717, 1.165) is 13.8 Å². The average molecular weight is 587 g/mol. The number of ether oxygens (including phenoxy) is 5. The van der Waals surface area contributed by atoms with Crippen LogP contribution < -0.4 is 10.6 Å². The van der Waals surface area contributed by atoms with Crippen LogP contribution in [0.15, 0.2) is 0 Å². The molecule has 15 atom stereocenters. The highest BCUT2D eigenvalue weighted by atomic mass is 16.7. The van der Waals surface area contributed by atoms with Crippen LogP contribution >= 0.6 is 0 Å². The topological polar surface area (TPSA) is 286 Å². The van der Waals surface area contributed by atoms with Crippen molar-refractivity contribution >= 4 is 11.8 Å². The van der Waals surface area contributed by atoms with Gasteiger partial charge in [0, 0.05) is 13.8 Å². The van der Waals surface area contributed by atoms with E-state index in [9.17, 15) is 55.5 Å². The monoisotopic (exact) mass is 586 g/mol. The Morgan fingerprint density at radius 3 is 1.65 bits per heavy atom. The Kier molecular flexibility index (Phi) is 11.5. The van der Waals surface area contributed by atoms with E-state index < -0.39 is 124 Å². The van der Waals surface area contributed by atoms with Gasteiger partial charge in [0.2, 0.25) is 11.8 Å². The van der Waals surface area contributed by atoms with Gasteiger partial charge in [-0.15, -0.1) is 0 Å². The van der Waals surface area contributed by atoms with Crippen LogP contribution in [0.1, 0.15) is 13.8 Å². The SMILES string of the molecule is CC(=O)N[C@H]1[C@H](O[C@H]2[C@@H](O)[C@@H](CO)O[C@@H](O[C@@H]3[C@H](O)[C@@H](NC(C)=O)C(O)O[C@@H]3CO)[C@@H]2O)O[C@H](CO)[C@@H](O)[C@@H]1O. The molecule has 0 aromatic rings. The van der Waals surface area contributed by atoms with Gasteiger partial charge in [-0.05, 0) is 0 Å². The lowest BCUT2D eigenvalue weighted by Crippen LogP contribution is -2.69. The van der Waals surface area contributed by atoms with E-state index in [4.69, 9.17) is 23.7 Å². The van der Waals surface area contributed by atoms with Gasteiger partial charge in [-0.25, -0.2) is 0 Å². The Balaban J connectivity index is 1.85. The van der Waals surface area contributed by atoms with Gasteiger partial charge in [0.05, 0.1) is 19.8 Å². The van der Waals surface area contributed by atoms with Crippen molar-refractivity contribution in [3.05, 3.63) is 0 Å². The molecule has 3 heterocycles. The molecule has 232 valence electrons. The third kappa shape index (κ3) is 7.05. The molecule has 0 radical (unpaired) electrons. The maximum absolute atomic E-state index is 11.7. The normalized spacial score (nSPS) is 46.0. The average Bonchev–Trinajstić information content (AvgIpc) is 2.90. The number of nitrogens with one attached hydrogen (secondary N) is 2. The van der Waals surface area contributed by atoms with Crippen LogP contribution in [0.4, 0.5) is 0 Å². The molecule has 0 aromatic heterocycles. The number of hydrogen-bond donors (Lipinski definition) is 11. The number of aliphatic hydroxyl groups is 9. The van der Waals surface area contributed by atoms with E-state index in [-0.39, 0.29) is 0 Å². The van der Waals surface area contributed by atoms with E-state index in [2.05, 4.69) is 10.6 Å². The summed E-state index contributed by atoms with van der Waals surface area (Å²) in [6, 6.07) is -2.84. The van der Waals surface area contributed by atoms with Crippen LogP contribution in [0.3, 0.4) is 0 Å². The second kappa shape index (κ2) is 14.0. The Morgan fingerprint density at radius 2 is 1.10 bits per heavy atom. The lowest BCUT2D eigenvalue weighted by atomic mass is 9.94. The van der Waals surface area contributed by atoms with Crippen molar-refractivity contribution in [1.82, 2.24) is 10.6 Å². The fraction of sp³-hybridized carbons (Fsp3) is 0.909. The Hall–Kier alpha value is -1.62. The molecule has 0 saturated carbocycles. The maximum Gasteiger partial charge on any atom is 0.217 e. The first-order valence-corrected chi connectivity index (χ1v) is 12.6. The highest BCUT2D eigenvalue weighted by Crippen LogP contribution is 2.32. The van der Waals surface area contributed by atoms with Crippen LogP contribution in [-0.4, -0.2) is 170 Å². The lowest BCUT2D eigenvalue weighted by Gasteiger charge is -2.48. The van der Waals surface area contributed by atoms with Crippen molar-refractivity contribution in [2.75, 3.05) is 19.8 Å². The Labute approximate surface area is 228 Å². The molecule has 0 spiro atoms. The Morgan fingerprint density at radius 1 is 0.600 bits per heavy atom. The summed E-state index contributed by atoms with van der Waals surface area (Å²) in [5.74, 6) is -1.29. The molecule has 3 aliphatic heterocycles. The van der Waals surface area contributed by atoms with E-state index in [0.29, 0.717) is 0 Å². The molecule has 18 heteroatoms. The summed E-state index contributed by atoms with van der Waals surface area (Å²) in [4.78, 5) is 23.3. The minimum Gasteiger partial charge on any atom is -0.394 e. The van der Waals surface area contributed by atoms with Gasteiger partial charge in [0.25, 0.3) is 0 Å². The molecule has 3 fully saturated rings. The standard InChI is InChI=1S/C22H38N2O16/c1-6(28)23-11-16(33)18(10(5-27)36-20(11)35)39-22-17(34)19(14(31)9(4-26)38-22)40-21-12(24-7(2)29)15(32)13(30)8(3-25)37-21/h8-22,25-27,30-35H,3-5H2,1-2H3,(H,23,28)(H,24,29)/t8-,9-,10-,11-,12-,13-,14+,15-,16-,17-,18+,19+,20?,21+,22+/m1/s1. The minimum atomic E-state index is -1.92. The first kappa shape index (κ1) is 32.9. The van der Waals surface area contributed by atoms with E-state index in [1.54, 1.807) is 0 Å². The zero-order valence-electron chi connectivity index (χ0n) is 21.7. The molecular formula is C22H38N2O16. The summed E-state index contributed by atoms with van der Waals surface area (Å²) in [5, 5.41) is 97.2. The summed E-state index contributed by atoms with van der Waals surface area (Å²) in [6.45, 7) is -0.140. The first-order chi connectivity index (χ1) is 18.8. The van der Waals surface area contributed by atoms with Crippen molar-refractivity contribution in [2.24, 2.45) is 0 Å². The second-order valence-electron chi connectivity index (χ2n) is 9.81. The van der Waals surface area contributed by atoms with Crippen LogP contribution in [0.5, 0.6) is 0 Å². The number of carbonyl (C=O) groups excluding carboxylic acids is 2. The molecule has 0 aliphatic carbocycles. The molecule has 11 N–H and O–H groups in total. The third-order valence-corrected chi connectivity index (χ3v) is 6.90. The Bertz CT molecular complexity index is 854. The van der Waals surface area contributed by atoms with Gasteiger partial charge >= 0.3 is 0 Å². The summed E-state index contributed by atoms with van der Waals surface area (Å²) in [6.07, 6.45) is -21.4. The summed E-state index contributed by atoms with van der Waals surface area (Å²) in [5.41, 5.74) is 0. The van der Waals surface area contributed by atoms with Crippen LogP contribution in [0.2, 0.25) is 0 Å². The predicted octanol–water partition coefficient (Wildman–Crippen LogP) is -7.29. The molecule has 1 unspecified atom stereocenters. The molecule has 40 heavy (non-hydrogen) atoms. The predicted molar refractivity (Wildman–Crippen MR) is 124 cm³/mol. The van der Waals surface area contributed by atoms with Crippen molar-refractivity contribution < 1.29 is 79.2 Å². The number of hydrogen-bond acceptors (Lipinski definition) is 16. The fourth-order valence-electron chi connectivity index (χ4n) is 4.86. The summed E-state index contributed by atoms with van der Waals surface area (Å²) in [7, 11) is 0. The highest BCUT2D eigenvalue weighted by molar-refractivity contribution is 5.73. The zero-order chi connectivity index (χ0) is 29.9. The van der Waals surface area contributed by atoms with E-state index in [1.165, 1.54) is 0 Å². The molecule has 0 aromatic carbocycles. The molecule has 0 bridgehead atoms. The molecule has 2 amide bonds. The fourth-order valence-corrected chi connectivity index (χ4v) is 4.86. The first-order valence-electron chi connectivity index (χ1n) is 12.6. The van der Waals surface area contributed by atoms with Crippen LogP contribution in [0, 0.1) is 0 Å².